The summed E-state index contributed by atoms with van der Waals surface area (Å²) < 4.78 is 33.8. The molecule has 1 rings (SSSR count). The van der Waals surface area contributed by atoms with Crippen molar-refractivity contribution >= 4 is 48.1 Å². The number of aromatic carboxylic acids is 1. The fourth-order valence-corrected chi connectivity index (χ4v) is 3.85. The van der Waals surface area contributed by atoms with Crippen molar-refractivity contribution in [2.24, 2.45) is 0 Å². The Bertz CT molecular complexity index is 503. The third kappa shape index (κ3) is 2.76. The summed E-state index contributed by atoms with van der Waals surface area (Å²) in [5.74, 6) is -1.24. The molecule has 0 spiro atoms. The maximum absolute atomic E-state index is 12.7. The maximum Gasteiger partial charge on any atom is 0.335 e. The standard InChI is InChI=1S/C7H3Br2FO4S/c8-4-1-3(7(11)12)2-5(9)6(4)15(10,13)14/h1-2H,(H,11,12). The van der Waals surface area contributed by atoms with E-state index in [1.807, 2.05) is 0 Å². The Morgan fingerprint density at radius 3 is 1.93 bits per heavy atom. The summed E-state index contributed by atoms with van der Waals surface area (Å²) in [4.78, 5) is 9.96. The molecule has 15 heavy (non-hydrogen) atoms. The highest BCUT2D eigenvalue weighted by atomic mass is 79.9. The molecule has 0 unspecified atom stereocenters. The zero-order valence-corrected chi connectivity index (χ0v) is 10.9. The van der Waals surface area contributed by atoms with E-state index in [-0.39, 0.29) is 14.5 Å². The fourth-order valence-electron chi connectivity index (χ4n) is 0.916. The molecule has 0 aliphatic heterocycles. The molecule has 0 amide bonds. The monoisotopic (exact) mass is 360 g/mol. The van der Waals surface area contributed by atoms with Gasteiger partial charge in [0.15, 0.2) is 0 Å². The molecular formula is C7H3Br2FO4S. The SMILES string of the molecule is O=C(O)c1cc(Br)c(S(=O)(=O)F)c(Br)c1. The van der Waals surface area contributed by atoms with Crippen LogP contribution in [0.2, 0.25) is 0 Å². The summed E-state index contributed by atoms with van der Waals surface area (Å²) >= 11 is 5.58. The van der Waals surface area contributed by atoms with Gasteiger partial charge >= 0.3 is 16.2 Å². The molecule has 0 aliphatic rings. The number of hydrogen-bond acceptors (Lipinski definition) is 3. The Hall–Kier alpha value is -0.470. The minimum Gasteiger partial charge on any atom is -0.478 e. The van der Waals surface area contributed by atoms with Gasteiger partial charge in [-0.25, -0.2) is 4.79 Å². The molecule has 0 fully saturated rings. The molecule has 0 radical (unpaired) electrons. The summed E-state index contributed by atoms with van der Waals surface area (Å²) in [5.41, 5.74) is -0.152. The molecule has 1 N–H and O–H groups in total. The average Bonchev–Trinajstić information content (AvgIpc) is 1.99. The van der Waals surface area contributed by atoms with Crippen molar-refractivity contribution in [3.8, 4) is 0 Å². The van der Waals surface area contributed by atoms with Crippen LogP contribution in [-0.2, 0) is 10.2 Å². The highest BCUT2D eigenvalue weighted by Gasteiger charge is 2.22. The number of benzene rings is 1. The van der Waals surface area contributed by atoms with Gasteiger partial charge in [0.2, 0.25) is 0 Å². The van der Waals surface area contributed by atoms with Gasteiger partial charge in [-0.3, -0.25) is 0 Å². The number of hydrogen-bond donors (Lipinski definition) is 1. The van der Waals surface area contributed by atoms with Gasteiger partial charge in [-0.2, -0.15) is 8.42 Å². The van der Waals surface area contributed by atoms with Crippen molar-refractivity contribution in [2.75, 3.05) is 0 Å². The van der Waals surface area contributed by atoms with Crippen LogP contribution in [0.25, 0.3) is 0 Å². The number of carbonyl (C=O) groups is 1. The van der Waals surface area contributed by atoms with E-state index in [1.54, 1.807) is 0 Å². The number of halogens is 3. The minimum atomic E-state index is -4.89. The first kappa shape index (κ1) is 12.6. The summed E-state index contributed by atoms with van der Waals surface area (Å²) in [6.07, 6.45) is 0. The average molecular weight is 362 g/mol. The lowest BCUT2D eigenvalue weighted by Gasteiger charge is -2.04. The van der Waals surface area contributed by atoms with E-state index < -0.39 is 21.1 Å². The number of carboxylic acids is 1. The van der Waals surface area contributed by atoms with E-state index in [0.717, 1.165) is 12.1 Å². The lowest BCUT2D eigenvalue weighted by Crippen LogP contribution is -2.01. The third-order valence-electron chi connectivity index (χ3n) is 1.49. The highest BCUT2D eigenvalue weighted by Crippen LogP contribution is 2.32. The zero-order valence-electron chi connectivity index (χ0n) is 6.87. The van der Waals surface area contributed by atoms with Crippen LogP contribution >= 0.6 is 31.9 Å². The second-order valence-electron chi connectivity index (χ2n) is 2.51. The van der Waals surface area contributed by atoms with Gasteiger partial charge in [-0.1, -0.05) is 0 Å². The Kier molecular flexibility index (Phi) is 3.51. The Balaban J connectivity index is 3.55. The number of rotatable bonds is 2. The van der Waals surface area contributed by atoms with Crippen molar-refractivity contribution in [3.05, 3.63) is 26.6 Å². The molecule has 0 saturated heterocycles. The van der Waals surface area contributed by atoms with E-state index in [1.165, 1.54) is 0 Å². The zero-order chi connectivity index (χ0) is 11.8. The summed E-state index contributed by atoms with van der Waals surface area (Å²) in [5, 5.41) is 8.64. The molecule has 8 heteroatoms. The minimum absolute atomic E-state index is 0.142. The summed E-state index contributed by atoms with van der Waals surface area (Å²) in [6, 6.07) is 2.03. The number of carboxylic acid groups (broad SMARTS) is 1. The van der Waals surface area contributed by atoms with Crippen LogP contribution in [-0.4, -0.2) is 19.5 Å². The van der Waals surface area contributed by atoms with Crippen molar-refractivity contribution in [3.63, 3.8) is 0 Å². The first-order chi connectivity index (χ1) is 6.73. The van der Waals surface area contributed by atoms with Crippen LogP contribution in [0.4, 0.5) is 3.89 Å². The second kappa shape index (κ2) is 4.18. The predicted molar refractivity (Wildman–Crippen MR) is 57.1 cm³/mol. The molecule has 82 valence electrons. The van der Waals surface area contributed by atoms with E-state index in [4.69, 9.17) is 5.11 Å². The molecule has 0 aromatic heterocycles. The summed E-state index contributed by atoms with van der Waals surface area (Å²) in [6.45, 7) is 0. The first-order valence-corrected chi connectivity index (χ1v) is 6.37. The van der Waals surface area contributed by atoms with Gasteiger partial charge in [0, 0.05) is 8.95 Å². The molecule has 1 aromatic rings. The van der Waals surface area contributed by atoms with Crippen molar-refractivity contribution in [1.82, 2.24) is 0 Å². The van der Waals surface area contributed by atoms with Crippen LogP contribution in [0.1, 0.15) is 10.4 Å². The van der Waals surface area contributed by atoms with Crippen molar-refractivity contribution in [2.45, 2.75) is 4.90 Å². The first-order valence-electron chi connectivity index (χ1n) is 3.40. The maximum atomic E-state index is 12.7. The molecule has 0 heterocycles. The molecular weight excluding hydrogens is 359 g/mol. The van der Waals surface area contributed by atoms with Gasteiger partial charge in [0.1, 0.15) is 4.90 Å². The topological polar surface area (TPSA) is 71.4 Å². The van der Waals surface area contributed by atoms with Gasteiger partial charge in [0.25, 0.3) is 0 Å². The summed E-state index contributed by atoms with van der Waals surface area (Å²) in [7, 11) is -4.89. The van der Waals surface area contributed by atoms with E-state index in [2.05, 4.69) is 31.9 Å². The second-order valence-corrected chi connectivity index (χ2v) is 5.50. The van der Waals surface area contributed by atoms with Crippen LogP contribution in [0.15, 0.2) is 26.0 Å². The molecule has 4 nitrogen and oxygen atoms in total. The highest BCUT2D eigenvalue weighted by molar-refractivity contribution is 9.11. The van der Waals surface area contributed by atoms with Crippen molar-refractivity contribution < 1.29 is 22.2 Å². The van der Waals surface area contributed by atoms with Crippen molar-refractivity contribution in [1.29, 1.82) is 0 Å². The van der Waals surface area contributed by atoms with Crippen LogP contribution in [0.3, 0.4) is 0 Å². The molecule has 0 atom stereocenters. The molecule has 1 aromatic carbocycles. The van der Waals surface area contributed by atoms with Gasteiger partial charge in [0.05, 0.1) is 5.56 Å². The predicted octanol–water partition coefficient (Wildman–Crippen LogP) is 2.57. The van der Waals surface area contributed by atoms with Gasteiger partial charge in [-0.05, 0) is 44.0 Å². The van der Waals surface area contributed by atoms with Crippen LogP contribution in [0.5, 0.6) is 0 Å². The Morgan fingerprint density at radius 2 is 1.67 bits per heavy atom. The quantitative estimate of drug-likeness (QED) is 0.822. The molecule has 0 aliphatic carbocycles. The van der Waals surface area contributed by atoms with E-state index >= 15 is 0 Å². The van der Waals surface area contributed by atoms with Crippen LogP contribution < -0.4 is 0 Å². The molecule has 0 saturated carbocycles. The lowest BCUT2D eigenvalue weighted by atomic mass is 10.2. The fraction of sp³-hybridized carbons (Fsp3) is 0. The van der Waals surface area contributed by atoms with Crippen LogP contribution in [0, 0.1) is 0 Å². The smallest absolute Gasteiger partial charge is 0.335 e. The normalized spacial score (nSPS) is 11.4. The van der Waals surface area contributed by atoms with Gasteiger partial charge < -0.3 is 5.11 Å². The Labute approximate surface area is 102 Å². The largest absolute Gasteiger partial charge is 0.478 e. The third-order valence-corrected chi connectivity index (χ3v) is 4.19. The van der Waals surface area contributed by atoms with E-state index in [9.17, 15) is 17.1 Å². The van der Waals surface area contributed by atoms with Gasteiger partial charge in [-0.15, -0.1) is 3.89 Å². The molecule has 0 bridgehead atoms. The lowest BCUT2D eigenvalue weighted by molar-refractivity contribution is 0.0696. The Morgan fingerprint density at radius 1 is 1.27 bits per heavy atom. The van der Waals surface area contributed by atoms with E-state index in [0.29, 0.717) is 0 Å².